The number of nitrogens with one attached hydrogen (secondary N) is 1. The van der Waals surface area contributed by atoms with Crippen molar-refractivity contribution in [2.45, 2.75) is 19.9 Å². The van der Waals surface area contributed by atoms with E-state index in [2.05, 4.69) is 59.4 Å². The number of hydrogen-bond donors (Lipinski definition) is 2. The molecule has 2 rings (SSSR count). The molecular formula is C16H19BrN2. The van der Waals surface area contributed by atoms with E-state index >= 15 is 0 Å². The Morgan fingerprint density at radius 3 is 2.53 bits per heavy atom. The van der Waals surface area contributed by atoms with E-state index in [1.165, 1.54) is 16.7 Å². The van der Waals surface area contributed by atoms with Crippen molar-refractivity contribution in [1.82, 2.24) is 0 Å². The Labute approximate surface area is 123 Å². The van der Waals surface area contributed by atoms with Gasteiger partial charge in [-0.15, -0.1) is 0 Å². The van der Waals surface area contributed by atoms with E-state index in [9.17, 15) is 0 Å². The van der Waals surface area contributed by atoms with Gasteiger partial charge in [0.15, 0.2) is 0 Å². The maximum absolute atomic E-state index is 5.94. The van der Waals surface area contributed by atoms with Gasteiger partial charge >= 0.3 is 0 Å². The molecule has 0 saturated heterocycles. The average molecular weight is 319 g/mol. The molecular weight excluding hydrogens is 300 g/mol. The number of nitrogens with two attached hydrogens (primary N) is 1. The summed E-state index contributed by atoms with van der Waals surface area (Å²) in [6.45, 7) is 4.84. The molecule has 0 spiro atoms. The Morgan fingerprint density at radius 1 is 1.11 bits per heavy atom. The lowest BCUT2D eigenvalue weighted by molar-refractivity contribution is 0.781. The number of aryl methyl sites for hydroxylation is 1. The van der Waals surface area contributed by atoms with Gasteiger partial charge in [-0.25, -0.2) is 0 Å². The van der Waals surface area contributed by atoms with Crippen LogP contribution in [-0.4, -0.2) is 6.54 Å². The molecule has 0 bridgehead atoms. The highest BCUT2D eigenvalue weighted by Gasteiger charge is 2.13. The van der Waals surface area contributed by atoms with Gasteiger partial charge in [-0.3, -0.25) is 0 Å². The summed E-state index contributed by atoms with van der Waals surface area (Å²) in [6, 6.07) is 14.6. The molecule has 0 aromatic heterocycles. The van der Waals surface area contributed by atoms with Gasteiger partial charge in [0.05, 0.1) is 6.04 Å². The molecule has 0 saturated carbocycles. The quantitative estimate of drug-likeness (QED) is 0.887. The van der Waals surface area contributed by atoms with Gasteiger partial charge in [0.2, 0.25) is 0 Å². The first-order valence-electron chi connectivity index (χ1n) is 6.40. The normalized spacial score (nSPS) is 12.2. The molecule has 0 heterocycles. The first kappa shape index (κ1) is 14.1. The van der Waals surface area contributed by atoms with Crippen molar-refractivity contribution in [3.8, 4) is 0 Å². The third kappa shape index (κ3) is 3.17. The van der Waals surface area contributed by atoms with E-state index in [4.69, 9.17) is 5.73 Å². The Balaban J connectivity index is 2.31. The second-order valence-corrected chi connectivity index (χ2v) is 5.56. The summed E-state index contributed by atoms with van der Waals surface area (Å²) in [4.78, 5) is 0. The number of rotatable bonds is 4. The Morgan fingerprint density at radius 2 is 1.84 bits per heavy atom. The minimum absolute atomic E-state index is 0.124. The molecule has 0 radical (unpaired) electrons. The molecule has 0 aliphatic carbocycles. The van der Waals surface area contributed by atoms with Crippen LogP contribution >= 0.6 is 15.9 Å². The highest BCUT2D eigenvalue weighted by Crippen LogP contribution is 2.28. The average Bonchev–Trinajstić information content (AvgIpc) is 2.41. The lowest BCUT2D eigenvalue weighted by atomic mass is 9.97. The molecule has 1 atom stereocenters. The Hall–Kier alpha value is -1.32. The van der Waals surface area contributed by atoms with E-state index in [-0.39, 0.29) is 6.04 Å². The summed E-state index contributed by atoms with van der Waals surface area (Å²) >= 11 is 3.56. The smallest absolute Gasteiger partial charge is 0.0639 e. The van der Waals surface area contributed by atoms with Crippen molar-refractivity contribution in [2.75, 3.05) is 11.9 Å². The highest BCUT2D eigenvalue weighted by molar-refractivity contribution is 9.10. The van der Waals surface area contributed by atoms with Crippen molar-refractivity contribution in [3.63, 3.8) is 0 Å². The summed E-state index contributed by atoms with van der Waals surface area (Å²) in [7, 11) is 0. The van der Waals surface area contributed by atoms with Crippen LogP contribution in [0.15, 0.2) is 46.9 Å². The van der Waals surface area contributed by atoms with Crippen LogP contribution in [0.4, 0.5) is 5.69 Å². The standard InChI is InChI=1S/C16H19BrN2/c1-11-6-5-7-13(12(11)2)16(10-18)19-15-9-4-3-8-14(15)17/h3-9,16,19H,10,18H2,1-2H3. The van der Waals surface area contributed by atoms with Gasteiger partial charge in [0, 0.05) is 16.7 Å². The number of anilines is 1. The lowest BCUT2D eigenvalue weighted by Crippen LogP contribution is -2.21. The molecule has 2 aromatic carbocycles. The molecule has 0 aliphatic heterocycles. The monoisotopic (exact) mass is 318 g/mol. The molecule has 3 N–H and O–H groups in total. The van der Waals surface area contributed by atoms with Crippen molar-refractivity contribution in [3.05, 3.63) is 63.6 Å². The lowest BCUT2D eigenvalue weighted by Gasteiger charge is -2.22. The highest BCUT2D eigenvalue weighted by atomic mass is 79.9. The topological polar surface area (TPSA) is 38.0 Å². The van der Waals surface area contributed by atoms with E-state index in [1.807, 2.05) is 18.2 Å². The summed E-state index contributed by atoms with van der Waals surface area (Å²) in [5.74, 6) is 0. The molecule has 0 amide bonds. The molecule has 0 aliphatic rings. The van der Waals surface area contributed by atoms with Crippen LogP contribution in [-0.2, 0) is 0 Å². The van der Waals surface area contributed by atoms with Crippen molar-refractivity contribution in [1.29, 1.82) is 0 Å². The molecule has 1 unspecified atom stereocenters. The summed E-state index contributed by atoms with van der Waals surface area (Å²) in [6.07, 6.45) is 0. The number of halogens is 1. The largest absolute Gasteiger partial charge is 0.376 e. The van der Waals surface area contributed by atoms with Crippen LogP contribution in [0.3, 0.4) is 0 Å². The Kier molecular flexibility index (Phi) is 4.61. The van der Waals surface area contributed by atoms with Gasteiger partial charge in [-0.1, -0.05) is 30.3 Å². The molecule has 0 fully saturated rings. The van der Waals surface area contributed by atoms with Gasteiger partial charge < -0.3 is 11.1 Å². The fourth-order valence-corrected chi connectivity index (χ4v) is 2.58. The number of para-hydroxylation sites is 1. The zero-order chi connectivity index (χ0) is 13.8. The third-order valence-electron chi connectivity index (χ3n) is 3.46. The fourth-order valence-electron chi connectivity index (χ4n) is 2.18. The zero-order valence-corrected chi connectivity index (χ0v) is 12.9. The number of benzene rings is 2. The van der Waals surface area contributed by atoms with Gasteiger partial charge in [-0.2, -0.15) is 0 Å². The van der Waals surface area contributed by atoms with E-state index in [0.717, 1.165) is 10.2 Å². The predicted molar refractivity (Wildman–Crippen MR) is 85.5 cm³/mol. The van der Waals surface area contributed by atoms with Gasteiger partial charge in [0.25, 0.3) is 0 Å². The molecule has 19 heavy (non-hydrogen) atoms. The molecule has 3 heteroatoms. The second-order valence-electron chi connectivity index (χ2n) is 4.70. The van der Waals surface area contributed by atoms with Gasteiger partial charge in [0.1, 0.15) is 0 Å². The third-order valence-corrected chi connectivity index (χ3v) is 4.15. The SMILES string of the molecule is Cc1cccc(C(CN)Nc2ccccc2Br)c1C. The van der Waals surface area contributed by atoms with E-state index in [1.54, 1.807) is 0 Å². The first-order valence-corrected chi connectivity index (χ1v) is 7.20. The first-order chi connectivity index (χ1) is 9.13. The molecule has 2 aromatic rings. The fraction of sp³-hybridized carbons (Fsp3) is 0.250. The Bertz CT molecular complexity index is 566. The minimum Gasteiger partial charge on any atom is -0.376 e. The van der Waals surface area contributed by atoms with Crippen LogP contribution in [0.2, 0.25) is 0 Å². The van der Waals surface area contributed by atoms with Crippen LogP contribution in [0.5, 0.6) is 0 Å². The van der Waals surface area contributed by atoms with E-state index in [0.29, 0.717) is 6.54 Å². The molecule has 2 nitrogen and oxygen atoms in total. The van der Waals surface area contributed by atoms with Crippen LogP contribution in [0.25, 0.3) is 0 Å². The van der Waals surface area contributed by atoms with Crippen LogP contribution in [0, 0.1) is 13.8 Å². The minimum atomic E-state index is 0.124. The van der Waals surface area contributed by atoms with Gasteiger partial charge in [-0.05, 0) is 58.6 Å². The summed E-state index contributed by atoms with van der Waals surface area (Å²) in [5.41, 5.74) is 10.9. The summed E-state index contributed by atoms with van der Waals surface area (Å²) in [5, 5.41) is 3.51. The van der Waals surface area contributed by atoms with Crippen LogP contribution in [0.1, 0.15) is 22.7 Å². The predicted octanol–water partition coefficient (Wildman–Crippen LogP) is 4.18. The van der Waals surface area contributed by atoms with Crippen molar-refractivity contribution >= 4 is 21.6 Å². The van der Waals surface area contributed by atoms with Crippen molar-refractivity contribution in [2.24, 2.45) is 5.73 Å². The van der Waals surface area contributed by atoms with Crippen LogP contribution < -0.4 is 11.1 Å². The molecule has 100 valence electrons. The second kappa shape index (κ2) is 6.22. The maximum atomic E-state index is 5.94. The van der Waals surface area contributed by atoms with Crippen molar-refractivity contribution < 1.29 is 0 Å². The van der Waals surface area contributed by atoms with E-state index < -0.39 is 0 Å². The maximum Gasteiger partial charge on any atom is 0.0639 e. The number of hydrogen-bond acceptors (Lipinski definition) is 2. The zero-order valence-electron chi connectivity index (χ0n) is 11.3. The summed E-state index contributed by atoms with van der Waals surface area (Å²) < 4.78 is 1.05.